The summed E-state index contributed by atoms with van der Waals surface area (Å²) in [5.74, 6) is 1.42. The van der Waals surface area contributed by atoms with E-state index < -0.39 is 0 Å². The minimum atomic E-state index is -0.313. The first kappa shape index (κ1) is 18.7. The van der Waals surface area contributed by atoms with Crippen LogP contribution in [0, 0.1) is 17.7 Å². The first-order chi connectivity index (χ1) is 14.6. The molecular weight excluding hydrogens is 385 g/mol. The van der Waals surface area contributed by atoms with Crippen molar-refractivity contribution in [3.63, 3.8) is 0 Å². The summed E-state index contributed by atoms with van der Waals surface area (Å²) in [4.78, 5) is 31.6. The number of benzene rings is 1. The van der Waals surface area contributed by atoms with E-state index in [4.69, 9.17) is 4.99 Å². The highest BCUT2D eigenvalue weighted by molar-refractivity contribution is 6.02. The van der Waals surface area contributed by atoms with Gasteiger partial charge in [-0.05, 0) is 24.1 Å². The van der Waals surface area contributed by atoms with Crippen molar-refractivity contribution in [2.24, 2.45) is 16.8 Å². The second-order valence-corrected chi connectivity index (χ2v) is 7.91. The summed E-state index contributed by atoms with van der Waals surface area (Å²) in [7, 11) is 0. The monoisotopic (exact) mass is 407 g/mol. The van der Waals surface area contributed by atoms with E-state index >= 15 is 0 Å². The lowest BCUT2D eigenvalue weighted by atomic mass is 9.96. The topological polar surface area (TPSA) is 77.0 Å². The predicted octanol–water partition coefficient (Wildman–Crippen LogP) is 2.38. The third kappa shape index (κ3) is 3.52. The number of carbonyl (C=O) groups excluding carboxylic acids is 1. The van der Waals surface area contributed by atoms with Crippen molar-refractivity contribution < 1.29 is 9.18 Å². The molecule has 2 atom stereocenters. The molecule has 30 heavy (non-hydrogen) atoms. The SMILES string of the molecule is CC1CN(Cc2cnccn2)CC1C1=NC2=CN(c3cccc(F)c3)CN2C(=O)N1. The Balaban J connectivity index is 1.34. The number of nitrogens with zero attached hydrogens (tertiary/aromatic N) is 6. The Labute approximate surface area is 173 Å². The molecule has 1 fully saturated rings. The zero-order chi connectivity index (χ0) is 20.7. The Kier molecular flexibility index (Phi) is 4.66. The number of amidine groups is 1. The molecule has 9 heteroatoms. The fourth-order valence-corrected chi connectivity index (χ4v) is 4.24. The first-order valence-electron chi connectivity index (χ1n) is 9.95. The molecular formula is C21H22FN7O. The third-order valence-electron chi connectivity index (χ3n) is 5.74. The molecule has 4 heterocycles. The molecule has 0 radical (unpaired) electrons. The number of aromatic nitrogens is 2. The van der Waals surface area contributed by atoms with E-state index in [0.29, 0.717) is 29.9 Å². The van der Waals surface area contributed by atoms with E-state index in [2.05, 4.69) is 27.1 Å². The van der Waals surface area contributed by atoms with Crippen molar-refractivity contribution in [3.05, 3.63) is 66.4 Å². The van der Waals surface area contributed by atoms with Gasteiger partial charge in [0.1, 0.15) is 18.3 Å². The zero-order valence-electron chi connectivity index (χ0n) is 16.6. The van der Waals surface area contributed by atoms with E-state index in [1.807, 2.05) is 11.0 Å². The van der Waals surface area contributed by atoms with Gasteiger partial charge in [0.25, 0.3) is 0 Å². The Bertz CT molecular complexity index is 1030. The van der Waals surface area contributed by atoms with Gasteiger partial charge < -0.3 is 4.90 Å². The van der Waals surface area contributed by atoms with Crippen LogP contribution in [-0.2, 0) is 6.54 Å². The Morgan fingerprint density at radius 3 is 2.97 bits per heavy atom. The van der Waals surface area contributed by atoms with Crippen molar-refractivity contribution in [1.82, 2.24) is 25.1 Å². The molecule has 1 aromatic carbocycles. The van der Waals surface area contributed by atoms with E-state index in [-0.39, 0.29) is 17.8 Å². The largest absolute Gasteiger partial charge is 0.329 e. The molecule has 2 unspecified atom stereocenters. The summed E-state index contributed by atoms with van der Waals surface area (Å²) >= 11 is 0. The number of halogens is 1. The van der Waals surface area contributed by atoms with Gasteiger partial charge in [0, 0.05) is 56.0 Å². The van der Waals surface area contributed by atoms with E-state index in [1.165, 1.54) is 12.1 Å². The summed E-state index contributed by atoms with van der Waals surface area (Å²) < 4.78 is 13.6. The standard InChI is InChI=1S/C21H22FN7O/c1-14-9-27(10-16-8-23-5-6-24-16)11-18(14)20-25-19-12-28(13-29(19)21(30)26-20)17-4-2-3-15(22)7-17/h2-8,12,14,18H,9-11,13H2,1H3,(H,25,26,30). The predicted molar refractivity (Wildman–Crippen MR) is 110 cm³/mol. The van der Waals surface area contributed by atoms with Crippen LogP contribution in [0.2, 0.25) is 0 Å². The summed E-state index contributed by atoms with van der Waals surface area (Å²) in [5, 5.41) is 2.97. The summed E-state index contributed by atoms with van der Waals surface area (Å²) in [5.41, 5.74) is 1.61. The van der Waals surface area contributed by atoms with Gasteiger partial charge in [-0.1, -0.05) is 13.0 Å². The summed E-state index contributed by atoms with van der Waals surface area (Å²) in [6, 6.07) is 6.11. The number of aliphatic imine (C=N–C) groups is 1. The fourth-order valence-electron chi connectivity index (χ4n) is 4.24. The Hall–Kier alpha value is -3.33. The number of urea groups is 1. The number of carbonyl (C=O) groups is 1. The lowest BCUT2D eigenvalue weighted by Gasteiger charge is -2.28. The number of fused-ring (bicyclic) bond motifs is 1. The van der Waals surface area contributed by atoms with Gasteiger partial charge in [0.15, 0.2) is 5.82 Å². The second-order valence-electron chi connectivity index (χ2n) is 7.91. The van der Waals surface area contributed by atoms with Crippen molar-refractivity contribution in [1.29, 1.82) is 0 Å². The number of nitrogens with one attached hydrogen (secondary N) is 1. The van der Waals surface area contributed by atoms with Crippen molar-refractivity contribution in [3.8, 4) is 0 Å². The zero-order valence-corrected chi connectivity index (χ0v) is 16.6. The molecule has 0 saturated carbocycles. The Morgan fingerprint density at radius 1 is 1.27 bits per heavy atom. The van der Waals surface area contributed by atoms with Gasteiger partial charge in [-0.3, -0.25) is 25.1 Å². The maximum absolute atomic E-state index is 13.6. The third-order valence-corrected chi connectivity index (χ3v) is 5.74. The minimum absolute atomic E-state index is 0.122. The maximum Gasteiger partial charge on any atom is 0.329 e. The quantitative estimate of drug-likeness (QED) is 0.842. The molecule has 0 spiro atoms. The van der Waals surface area contributed by atoms with Crippen LogP contribution in [0.5, 0.6) is 0 Å². The number of hydrogen-bond acceptors (Lipinski definition) is 6. The summed E-state index contributed by atoms with van der Waals surface area (Å²) in [6.45, 7) is 4.88. The van der Waals surface area contributed by atoms with Gasteiger partial charge in [-0.2, -0.15) is 0 Å². The molecule has 3 aliphatic rings. The molecule has 8 nitrogen and oxygen atoms in total. The highest BCUT2D eigenvalue weighted by Gasteiger charge is 2.39. The van der Waals surface area contributed by atoms with E-state index in [0.717, 1.165) is 25.3 Å². The number of rotatable bonds is 4. The van der Waals surface area contributed by atoms with Crippen LogP contribution >= 0.6 is 0 Å². The first-order valence-corrected chi connectivity index (χ1v) is 9.95. The van der Waals surface area contributed by atoms with E-state index in [9.17, 15) is 9.18 Å². The van der Waals surface area contributed by atoms with Crippen LogP contribution in [0.4, 0.5) is 14.9 Å². The number of amides is 2. The van der Waals surface area contributed by atoms with Crippen LogP contribution < -0.4 is 10.2 Å². The highest BCUT2D eigenvalue weighted by atomic mass is 19.1. The number of likely N-dealkylation sites (tertiary alicyclic amines) is 1. The number of anilines is 1. The normalized spacial score (nSPS) is 23.9. The van der Waals surface area contributed by atoms with Crippen molar-refractivity contribution in [2.75, 3.05) is 24.7 Å². The van der Waals surface area contributed by atoms with Gasteiger partial charge in [0.05, 0.1) is 5.69 Å². The van der Waals surface area contributed by atoms with Gasteiger partial charge in [-0.25, -0.2) is 14.2 Å². The molecule has 2 amide bonds. The second kappa shape index (κ2) is 7.49. The van der Waals surface area contributed by atoms with Crippen LogP contribution in [0.25, 0.3) is 0 Å². The smallest absolute Gasteiger partial charge is 0.325 e. The Morgan fingerprint density at radius 2 is 2.17 bits per heavy atom. The van der Waals surface area contributed by atoms with Gasteiger partial charge >= 0.3 is 6.03 Å². The average Bonchev–Trinajstić information content (AvgIpc) is 3.32. The molecule has 1 aromatic heterocycles. The fraction of sp³-hybridized carbons (Fsp3) is 0.333. The van der Waals surface area contributed by atoms with E-state index in [1.54, 1.807) is 35.8 Å². The molecule has 0 bridgehead atoms. The van der Waals surface area contributed by atoms with Gasteiger partial charge in [-0.15, -0.1) is 0 Å². The molecule has 1 saturated heterocycles. The molecule has 5 rings (SSSR count). The van der Waals surface area contributed by atoms with Crippen molar-refractivity contribution in [2.45, 2.75) is 13.5 Å². The molecule has 0 aliphatic carbocycles. The summed E-state index contributed by atoms with van der Waals surface area (Å²) in [6.07, 6.45) is 6.94. The molecule has 154 valence electrons. The van der Waals surface area contributed by atoms with Crippen LogP contribution in [0.15, 0.2) is 59.9 Å². The molecule has 2 aromatic rings. The molecule has 1 N–H and O–H groups in total. The van der Waals surface area contributed by atoms with Crippen LogP contribution in [-0.4, -0.2) is 51.4 Å². The van der Waals surface area contributed by atoms with Crippen LogP contribution in [0.1, 0.15) is 12.6 Å². The number of hydrogen-bond donors (Lipinski definition) is 1. The lowest BCUT2D eigenvalue weighted by molar-refractivity contribution is 0.216. The van der Waals surface area contributed by atoms with Crippen LogP contribution in [0.3, 0.4) is 0 Å². The highest BCUT2D eigenvalue weighted by Crippen LogP contribution is 2.30. The maximum atomic E-state index is 13.6. The minimum Gasteiger partial charge on any atom is -0.325 e. The lowest BCUT2D eigenvalue weighted by Crippen LogP contribution is -2.49. The van der Waals surface area contributed by atoms with Gasteiger partial charge in [0.2, 0.25) is 0 Å². The molecule has 3 aliphatic heterocycles. The van der Waals surface area contributed by atoms with Crippen molar-refractivity contribution >= 4 is 17.6 Å². The average molecular weight is 407 g/mol.